The van der Waals surface area contributed by atoms with Crippen LogP contribution in [-0.2, 0) is 20.9 Å². The Labute approximate surface area is 135 Å². The Morgan fingerprint density at radius 2 is 2.17 bits per heavy atom. The van der Waals surface area contributed by atoms with E-state index in [2.05, 4.69) is 5.32 Å². The number of esters is 1. The Kier molecular flexibility index (Phi) is 6.52. The quantitative estimate of drug-likeness (QED) is 0.740. The van der Waals surface area contributed by atoms with Crippen molar-refractivity contribution in [2.75, 3.05) is 26.2 Å². The van der Waals surface area contributed by atoms with E-state index in [1.54, 1.807) is 25.1 Å². The summed E-state index contributed by atoms with van der Waals surface area (Å²) >= 11 is 0. The fraction of sp³-hybridized carbons (Fsp3) is 0.529. The highest BCUT2D eigenvalue weighted by Crippen LogP contribution is 2.09. The van der Waals surface area contributed by atoms with Crippen LogP contribution in [0.2, 0.25) is 0 Å². The molecule has 1 aliphatic heterocycles. The van der Waals surface area contributed by atoms with Crippen molar-refractivity contribution in [1.29, 1.82) is 0 Å². The lowest BCUT2D eigenvalue weighted by Gasteiger charge is -2.28. The fourth-order valence-electron chi connectivity index (χ4n) is 2.90. The number of likely N-dealkylation sites (tertiary alicyclic amines) is 1. The van der Waals surface area contributed by atoms with Crippen LogP contribution >= 0.6 is 0 Å². The molecule has 0 saturated carbocycles. The molecular weight excluding hydrogens is 299 g/mol. The van der Waals surface area contributed by atoms with Gasteiger partial charge in [-0.05, 0) is 25.8 Å². The maximum absolute atomic E-state index is 13.5. The number of halogens is 1. The van der Waals surface area contributed by atoms with E-state index in [9.17, 15) is 14.0 Å². The maximum Gasteiger partial charge on any atom is 0.314 e. The highest BCUT2D eigenvalue weighted by atomic mass is 19.1. The highest BCUT2D eigenvalue weighted by molar-refractivity contribution is 5.77. The van der Waals surface area contributed by atoms with Crippen LogP contribution in [0.4, 0.5) is 4.39 Å². The second kappa shape index (κ2) is 8.62. The summed E-state index contributed by atoms with van der Waals surface area (Å²) < 4.78 is 18.6. The van der Waals surface area contributed by atoms with E-state index in [0.29, 0.717) is 25.3 Å². The zero-order valence-corrected chi connectivity index (χ0v) is 13.4. The monoisotopic (exact) mass is 323 g/mol. The van der Waals surface area contributed by atoms with Gasteiger partial charge < -0.3 is 15.0 Å². The van der Waals surface area contributed by atoms with Gasteiger partial charge in [-0.1, -0.05) is 18.2 Å². The Hall–Kier alpha value is -1.95. The zero-order valence-electron chi connectivity index (χ0n) is 13.4. The first-order valence-electron chi connectivity index (χ1n) is 8.10. The van der Waals surface area contributed by atoms with Gasteiger partial charge in [0, 0.05) is 12.1 Å². The normalized spacial score (nSPS) is 20.8. The van der Waals surface area contributed by atoms with Crippen LogP contribution in [0, 0.1) is 11.7 Å². The van der Waals surface area contributed by atoms with Crippen LogP contribution < -0.4 is 10.2 Å². The van der Waals surface area contributed by atoms with Gasteiger partial charge in [0.05, 0.1) is 19.7 Å². The summed E-state index contributed by atoms with van der Waals surface area (Å²) in [6.45, 7) is 4.13. The topological polar surface area (TPSA) is 59.8 Å². The smallest absolute Gasteiger partial charge is 0.314 e. The molecule has 23 heavy (non-hydrogen) atoms. The molecule has 1 fully saturated rings. The number of carbonyl (C=O) groups is 2. The van der Waals surface area contributed by atoms with E-state index in [1.807, 2.05) is 0 Å². The van der Waals surface area contributed by atoms with Crippen LogP contribution in [0.3, 0.4) is 0 Å². The second-order valence-electron chi connectivity index (χ2n) is 5.84. The summed E-state index contributed by atoms with van der Waals surface area (Å²) in [5.41, 5.74) is 0.471. The molecule has 1 aromatic rings. The summed E-state index contributed by atoms with van der Waals surface area (Å²) in [6, 6.07) is 6.39. The second-order valence-corrected chi connectivity index (χ2v) is 5.84. The molecule has 1 unspecified atom stereocenters. The number of amides is 1. The van der Waals surface area contributed by atoms with Gasteiger partial charge in [-0.25, -0.2) is 4.39 Å². The van der Waals surface area contributed by atoms with E-state index >= 15 is 0 Å². The van der Waals surface area contributed by atoms with E-state index in [0.717, 1.165) is 24.3 Å². The first-order chi connectivity index (χ1) is 11.1. The number of rotatable bonds is 6. The van der Waals surface area contributed by atoms with Crippen molar-refractivity contribution < 1.29 is 23.6 Å². The largest absolute Gasteiger partial charge is 0.466 e. The van der Waals surface area contributed by atoms with E-state index in [4.69, 9.17) is 4.74 Å². The van der Waals surface area contributed by atoms with Crippen molar-refractivity contribution in [3.63, 3.8) is 0 Å². The van der Waals surface area contributed by atoms with Crippen molar-refractivity contribution in [2.45, 2.75) is 26.3 Å². The molecule has 0 bridgehead atoms. The minimum atomic E-state index is -0.319. The van der Waals surface area contributed by atoms with E-state index < -0.39 is 0 Å². The van der Waals surface area contributed by atoms with Crippen LogP contribution in [0.25, 0.3) is 0 Å². The molecule has 0 radical (unpaired) electrons. The number of piperidine rings is 1. The van der Waals surface area contributed by atoms with Crippen molar-refractivity contribution in [1.82, 2.24) is 5.32 Å². The lowest BCUT2D eigenvalue weighted by atomic mass is 9.98. The molecule has 1 heterocycles. The molecule has 1 amide bonds. The molecular formula is C17H24FN2O3+. The van der Waals surface area contributed by atoms with Crippen LogP contribution in [-0.4, -0.2) is 38.1 Å². The van der Waals surface area contributed by atoms with E-state index in [1.165, 1.54) is 6.07 Å². The molecule has 1 aromatic carbocycles. The van der Waals surface area contributed by atoms with Crippen molar-refractivity contribution in [3.05, 3.63) is 35.6 Å². The number of benzene rings is 1. The van der Waals surface area contributed by atoms with Gasteiger partial charge in [-0.3, -0.25) is 9.59 Å². The minimum absolute atomic E-state index is 0.127. The highest BCUT2D eigenvalue weighted by Gasteiger charge is 2.30. The molecule has 2 rings (SSSR count). The molecule has 0 spiro atoms. The van der Waals surface area contributed by atoms with Crippen molar-refractivity contribution in [2.24, 2.45) is 5.92 Å². The molecule has 2 N–H and O–H groups in total. The molecule has 1 saturated heterocycles. The average molecular weight is 323 g/mol. The maximum atomic E-state index is 13.5. The first-order valence-corrected chi connectivity index (χ1v) is 8.10. The van der Waals surface area contributed by atoms with Crippen LogP contribution in [0.5, 0.6) is 0 Å². The molecule has 0 aliphatic carbocycles. The number of quaternary nitrogens is 1. The van der Waals surface area contributed by atoms with Gasteiger partial charge in [0.1, 0.15) is 11.7 Å². The molecule has 1 aliphatic rings. The van der Waals surface area contributed by atoms with Gasteiger partial charge in [0.2, 0.25) is 0 Å². The fourth-order valence-corrected chi connectivity index (χ4v) is 2.90. The summed E-state index contributed by atoms with van der Waals surface area (Å²) in [7, 11) is 0. The predicted octanol–water partition coefficient (Wildman–Crippen LogP) is 0.300. The number of ether oxygens (including phenoxy) is 1. The zero-order chi connectivity index (χ0) is 16.7. The third-order valence-corrected chi connectivity index (χ3v) is 4.08. The predicted molar refractivity (Wildman–Crippen MR) is 83.2 cm³/mol. The van der Waals surface area contributed by atoms with Gasteiger partial charge in [0.15, 0.2) is 6.54 Å². The number of nitrogens with one attached hydrogen (secondary N) is 2. The molecule has 2 atom stereocenters. The number of carbonyl (C=O) groups excluding carboxylic acids is 2. The summed E-state index contributed by atoms with van der Waals surface area (Å²) in [4.78, 5) is 24.9. The molecule has 6 heteroatoms. The first kappa shape index (κ1) is 17.4. The third kappa shape index (κ3) is 5.32. The SMILES string of the molecule is CCOC(=O)[C@@H]1CCC[NH+](CC(=O)NCc2ccccc2F)C1. The van der Waals surface area contributed by atoms with E-state index in [-0.39, 0.29) is 30.2 Å². The molecule has 5 nitrogen and oxygen atoms in total. The van der Waals surface area contributed by atoms with Crippen molar-refractivity contribution >= 4 is 11.9 Å². The lowest BCUT2D eigenvalue weighted by molar-refractivity contribution is -0.899. The average Bonchev–Trinajstić information content (AvgIpc) is 2.54. The Balaban J connectivity index is 1.78. The van der Waals surface area contributed by atoms with Gasteiger partial charge >= 0.3 is 5.97 Å². The number of hydrogen-bond acceptors (Lipinski definition) is 3. The van der Waals surface area contributed by atoms with Gasteiger partial charge in [-0.2, -0.15) is 0 Å². The standard InChI is InChI=1S/C17H23FN2O3/c1-2-23-17(22)14-7-5-9-20(11-14)12-16(21)19-10-13-6-3-4-8-15(13)18/h3-4,6,8,14H,2,5,7,9-12H2,1H3,(H,19,21)/p+1/t14-/m1/s1. The lowest BCUT2D eigenvalue weighted by Crippen LogP contribution is -3.14. The Morgan fingerprint density at radius 3 is 2.91 bits per heavy atom. The van der Waals surface area contributed by atoms with Crippen LogP contribution in [0.15, 0.2) is 24.3 Å². The van der Waals surface area contributed by atoms with Crippen molar-refractivity contribution in [3.8, 4) is 0 Å². The third-order valence-electron chi connectivity index (χ3n) is 4.08. The Bertz CT molecular complexity index is 550. The Morgan fingerprint density at radius 1 is 1.39 bits per heavy atom. The minimum Gasteiger partial charge on any atom is -0.466 e. The van der Waals surface area contributed by atoms with Gasteiger partial charge in [-0.15, -0.1) is 0 Å². The number of hydrogen-bond donors (Lipinski definition) is 2. The van der Waals surface area contributed by atoms with Gasteiger partial charge in [0.25, 0.3) is 5.91 Å². The summed E-state index contributed by atoms with van der Waals surface area (Å²) in [5, 5.41) is 2.74. The van der Waals surface area contributed by atoms with Crippen LogP contribution in [0.1, 0.15) is 25.3 Å². The summed E-state index contributed by atoms with van der Waals surface area (Å²) in [6.07, 6.45) is 1.72. The molecule has 0 aromatic heterocycles. The molecule has 126 valence electrons. The summed E-state index contributed by atoms with van der Waals surface area (Å²) in [5.74, 6) is -0.747.